The predicted octanol–water partition coefficient (Wildman–Crippen LogP) is 3.56. The SMILES string of the molecule is O=C(CC1(O)C(=O)N(Cc2ccccc2F)c2ccccc21)c1ccc2c(c1)OCO2. The summed E-state index contributed by atoms with van der Waals surface area (Å²) >= 11 is 0. The van der Waals surface area contributed by atoms with Crippen molar-refractivity contribution >= 4 is 17.4 Å². The molecule has 3 aromatic rings. The van der Waals surface area contributed by atoms with Crippen molar-refractivity contribution < 1.29 is 28.6 Å². The Morgan fingerprint density at radius 2 is 1.77 bits per heavy atom. The number of Topliss-reactive ketones (excluding diaryl/α,β-unsaturated/α-hetero) is 1. The molecular formula is C24H18FNO5. The molecule has 31 heavy (non-hydrogen) atoms. The Balaban J connectivity index is 1.47. The van der Waals surface area contributed by atoms with E-state index in [-0.39, 0.29) is 13.3 Å². The first-order chi connectivity index (χ1) is 15.0. The highest BCUT2D eigenvalue weighted by atomic mass is 19.1. The molecule has 0 radical (unpaired) electrons. The first-order valence-corrected chi connectivity index (χ1v) is 9.77. The highest BCUT2D eigenvalue weighted by Gasteiger charge is 2.50. The number of rotatable bonds is 5. The van der Waals surface area contributed by atoms with Gasteiger partial charge < -0.3 is 19.5 Å². The van der Waals surface area contributed by atoms with Crippen molar-refractivity contribution in [1.82, 2.24) is 0 Å². The topological polar surface area (TPSA) is 76.1 Å². The van der Waals surface area contributed by atoms with Crippen LogP contribution in [0.2, 0.25) is 0 Å². The van der Waals surface area contributed by atoms with Gasteiger partial charge in [0.15, 0.2) is 22.9 Å². The van der Waals surface area contributed by atoms with Gasteiger partial charge >= 0.3 is 0 Å². The van der Waals surface area contributed by atoms with Crippen LogP contribution in [-0.4, -0.2) is 23.6 Å². The van der Waals surface area contributed by atoms with Gasteiger partial charge in [-0.25, -0.2) is 4.39 Å². The lowest BCUT2D eigenvalue weighted by atomic mass is 9.88. The second kappa shape index (κ2) is 7.21. The number of benzene rings is 3. The van der Waals surface area contributed by atoms with Crippen LogP contribution in [0, 0.1) is 5.82 Å². The molecule has 1 amide bonds. The molecule has 156 valence electrons. The van der Waals surface area contributed by atoms with Crippen molar-refractivity contribution in [2.75, 3.05) is 11.7 Å². The summed E-state index contributed by atoms with van der Waals surface area (Å²) in [7, 11) is 0. The van der Waals surface area contributed by atoms with Crippen LogP contribution >= 0.6 is 0 Å². The van der Waals surface area contributed by atoms with E-state index in [1.54, 1.807) is 54.6 Å². The number of ether oxygens (including phenoxy) is 2. The summed E-state index contributed by atoms with van der Waals surface area (Å²) in [4.78, 5) is 27.6. The fourth-order valence-corrected chi connectivity index (χ4v) is 4.04. The molecule has 1 atom stereocenters. The number of nitrogens with zero attached hydrogens (tertiary/aromatic N) is 1. The molecule has 0 spiro atoms. The van der Waals surface area contributed by atoms with Crippen molar-refractivity contribution in [2.45, 2.75) is 18.6 Å². The van der Waals surface area contributed by atoms with E-state index in [1.807, 2.05) is 0 Å². The maximum absolute atomic E-state index is 14.2. The number of ketones is 1. The van der Waals surface area contributed by atoms with Crippen molar-refractivity contribution in [3.05, 3.63) is 89.2 Å². The zero-order valence-corrected chi connectivity index (χ0v) is 16.4. The predicted molar refractivity (Wildman–Crippen MR) is 109 cm³/mol. The van der Waals surface area contributed by atoms with Crippen LogP contribution in [0.4, 0.5) is 10.1 Å². The number of carbonyl (C=O) groups excluding carboxylic acids is 2. The number of aliphatic hydroxyl groups is 1. The van der Waals surface area contributed by atoms with E-state index in [4.69, 9.17) is 9.47 Å². The van der Waals surface area contributed by atoms with Crippen LogP contribution in [0.1, 0.15) is 27.9 Å². The normalized spacial score (nSPS) is 18.9. The Hall–Kier alpha value is -3.71. The summed E-state index contributed by atoms with van der Waals surface area (Å²) in [5.41, 5.74) is -0.648. The number of fused-ring (bicyclic) bond motifs is 2. The lowest BCUT2D eigenvalue weighted by Gasteiger charge is -2.23. The van der Waals surface area contributed by atoms with Crippen molar-refractivity contribution in [1.29, 1.82) is 0 Å². The molecule has 0 aliphatic carbocycles. The van der Waals surface area contributed by atoms with Crippen molar-refractivity contribution in [3.63, 3.8) is 0 Å². The summed E-state index contributed by atoms with van der Waals surface area (Å²) < 4.78 is 24.8. The Morgan fingerprint density at radius 1 is 1.03 bits per heavy atom. The molecule has 0 saturated carbocycles. The number of hydrogen-bond acceptors (Lipinski definition) is 5. The second-order valence-corrected chi connectivity index (χ2v) is 7.53. The second-order valence-electron chi connectivity index (χ2n) is 7.53. The Kier molecular flexibility index (Phi) is 4.48. The average Bonchev–Trinajstić information content (AvgIpc) is 3.32. The molecular weight excluding hydrogens is 401 g/mol. The minimum Gasteiger partial charge on any atom is -0.454 e. The van der Waals surface area contributed by atoms with E-state index in [0.29, 0.717) is 33.9 Å². The average molecular weight is 419 g/mol. The molecule has 0 saturated heterocycles. The molecule has 0 aromatic heterocycles. The highest BCUT2D eigenvalue weighted by molar-refractivity contribution is 6.10. The molecule has 0 fully saturated rings. The van der Waals surface area contributed by atoms with Gasteiger partial charge in [0.2, 0.25) is 6.79 Å². The molecule has 6 nitrogen and oxygen atoms in total. The molecule has 3 aromatic carbocycles. The third-order valence-electron chi connectivity index (χ3n) is 5.64. The maximum atomic E-state index is 14.2. The fraction of sp³-hybridized carbons (Fsp3) is 0.167. The number of halogens is 1. The Morgan fingerprint density at radius 3 is 2.61 bits per heavy atom. The Bertz CT molecular complexity index is 1210. The van der Waals surface area contributed by atoms with Crippen LogP contribution in [0.3, 0.4) is 0 Å². The third-order valence-corrected chi connectivity index (χ3v) is 5.64. The number of para-hydroxylation sites is 1. The van der Waals surface area contributed by atoms with Gasteiger partial charge in [-0.1, -0.05) is 36.4 Å². The molecule has 2 heterocycles. The Labute approximate surface area is 177 Å². The quantitative estimate of drug-likeness (QED) is 0.640. The fourth-order valence-electron chi connectivity index (χ4n) is 4.04. The highest BCUT2D eigenvalue weighted by Crippen LogP contribution is 2.44. The zero-order valence-electron chi connectivity index (χ0n) is 16.4. The number of hydrogen-bond donors (Lipinski definition) is 1. The van der Waals surface area contributed by atoms with Gasteiger partial charge in [0.1, 0.15) is 5.82 Å². The smallest absolute Gasteiger partial charge is 0.264 e. The first kappa shape index (κ1) is 19.3. The van der Waals surface area contributed by atoms with Gasteiger partial charge in [-0.05, 0) is 30.3 Å². The number of anilines is 1. The van der Waals surface area contributed by atoms with E-state index >= 15 is 0 Å². The lowest BCUT2D eigenvalue weighted by molar-refractivity contribution is -0.136. The summed E-state index contributed by atoms with van der Waals surface area (Å²) in [5, 5.41) is 11.4. The summed E-state index contributed by atoms with van der Waals surface area (Å²) in [6.07, 6.45) is -0.448. The minimum atomic E-state index is -2.05. The molecule has 7 heteroatoms. The van der Waals surface area contributed by atoms with E-state index in [1.165, 1.54) is 17.0 Å². The monoisotopic (exact) mass is 419 g/mol. The van der Waals surface area contributed by atoms with Gasteiger partial charge in [0.25, 0.3) is 5.91 Å². The van der Waals surface area contributed by atoms with Crippen LogP contribution in [-0.2, 0) is 16.9 Å². The molecule has 2 aliphatic heterocycles. The van der Waals surface area contributed by atoms with E-state index in [9.17, 15) is 19.1 Å². The van der Waals surface area contributed by atoms with Crippen LogP contribution < -0.4 is 14.4 Å². The minimum absolute atomic E-state index is 0.0525. The van der Waals surface area contributed by atoms with E-state index in [0.717, 1.165) is 0 Å². The van der Waals surface area contributed by atoms with Crippen LogP contribution in [0.15, 0.2) is 66.7 Å². The lowest BCUT2D eigenvalue weighted by Crippen LogP contribution is -2.41. The standard InChI is InChI=1S/C24H18FNO5/c25-18-7-3-1-5-16(18)13-26-19-8-4-2-6-17(19)24(29,23(26)28)12-20(27)15-9-10-21-22(11-15)31-14-30-21/h1-11,29H,12-14H2. The summed E-state index contributed by atoms with van der Waals surface area (Å²) in [6, 6.07) is 17.6. The number of carbonyl (C=O) groups is 2. The van der Waals surface area contributed by atoms with Crippen LogP contribution in [0.25, 0.3) is 0 Å². The number of amides is 1. The maximum Gasteiger partial charge on any atom is 0.264 e. The van der Waals surface area contributed by atoms with Gasteiger partial charge in [-0.3, -0.25) is 9.59 Å². The zero-order chi connectivity index (χ0) is 21.6. The summed E-state index contributed by atoms with van der Waals surface area (Å²) in [6.45, 7) is 0.0246. The van der Waals surface area contributed by atoms with Gasteiger partial charge in [0, 0.05) is 16.7 Å². The molecule has 1 unspecified atom stereocenters. The van der Waals surface area contributed by atoms with Gasteiger partial charge in [-0.15, -0.1) is 0 Å². The largest absolute Gasteiger partial charge is 0.454 e. The van der Waals surface area contributed by atoms with Gasteiger partial charge in [0.05, 0.1) is 18.7 Å². The molecule has 5 rings (SSSR count). The third kappa shape index (κ3) is 3.14. The molecule has 0 bridgehead atoms. The van der Waals surface area contributed by atoms with Crippen LogP contribution in [0.5, 0.6) is 11.5 Å². The van der Waals surface area contributed by atoms with Gasteiger partial charge in [-0.2, -0.15) is 0 Å². The molecule has 2 aliphatic rings. The first-order valence-electron chi connectivity index (χ1n) is 9.77. The van der Waals surface area contributed by atoms with Crippen molar-refractivity contribution in [2.24, 2.45) is 0 Å². The molecule has 1 N–H and O–H groups in total. The van der Waals surface area contributed by atoms with Crippen molar-refractivity contribution in [3.8, 4) is 11.5 Å². The van der Waals surface area contributed by atoms with E-state index < -0.39 is 29.5 Å². The van der Waals surface area contributed by atoms with E-state index in [2.05, 4.69) is 0 Å². The summed E-state index contributed by atoms with van der Waals surface area (Å²) in [5.74, 6) is -0.548.